The van der Waals surface area contributed by atoms with Crippen LogP contribution < -0.4 is 5.32 Å². The van der Waals surface area contributed by atoms with E-state index in [1.165, 1.54) is 0 Å². The Morgan fingerprint density at radius 3 is 2.88 bits per heavy atom. The van der Waals surface area contributed by atoms with Crippen LogP contribution in [-0.4, -0.2) is 24.7 Å². The molecule has 0 radical (unpaired) electrons. The van der Waals surface area contributed by atoms with E-state index in [1.54, 1.807) is 0 Å². The van der Waals surface area contributed by atoms with Gasteiger partial charge in [0.2, 0.25) is 5.91 Å². The summed E-state index contributed by atoms with van der Waals surface area (Å²) in [7, 11) is 0. The van der Waals surface area contributed by atoms with Gasteiger partial charge in [-0.05, 0) is 31.6 Å². The summed E-state index contributed by atoms with van der Waals surface area (Å²) in [5.74, 6) is 0.332. The summed E-state index contributed by atoms with van der Waals surface area (Å²) >= 11 is 0. The smallest absolute Gasteiger partial charge is 0.226 e. The minimum Gasteiger partial charge on any atom is -0.377 e. The van der Waals surface area contributed by atoms with Crippen LogP contribution in [0.2, 0.25) is 0 Å². The first-order valence-electron chi connectivity index (χ1n) is 6.07. The normalized spacial score (nSPS) is 30.8. The Balaban J connectivity index is 1.89. The molecule has 0 aromatic heterocycles. The van der Waals surface area contributed by atoms with Gasteiger partial charge >= 0.3 is 0 Å². The van der Waals surface area contributed by atoms with Gasteiger partial charge in [-0.2, -0.15) is 5.26 Å². The van der Waals surface area contributed by atoms with Crippen LogP contribution in [0.25, 0.3) is 0 Å². The number of ether oxygens (including phenoxy) is 1. The first-order valence-corrected chi connectivity index (χ1v) is 6.07. The average Bonchev–Trinajstić information content (AvgIpc) is 3.02. The van der Waals surface area contributed by atoms with Crippen molar-refractivity contribution in [3.63, 3.8) is 0 Å². The second kappa shape index (κ2) is 4.84. The number of hydrogen-bond acceptors (Lipinski definition) is 3. The van der Waals surface area contributed by atoms with Crippen molar-refractivity contribution >= 4 is 5.91 Å². The first kappa shape index (κ1) is 11.4. The Labute approximate surface area is 96.0 Å². The molecule has 1 aliphatic carbocycles. The van der Waals surface area contributed by atoms with Gasteiger partial charge in [0.1, 0.15) is 6.04 Å². The van der Waals surface area contributed by atoms with Crippen LogP contribution in [0.5, 0.6) is 0 Å². The minimum absolute atomic E-state index is 0.00259. The Morgan fingerprint density at radius 1 is 1.56 bits per heavy atom. The molecule has 1 aliphatic heterocycles. The van der Waals surface area contributed by atoms with Crippen LogP contribution in [0.15, 0.2) is 0 Å². The van der Waals surface area contributed by atoms with Gasteiger partial charge in [0.05, 0.1) is 18.1 Å². The number of rotatable bonds is 4. The molecule has 1 saturated heterocycles. The Hall–Kier alpha value is -1.08. The molecule has 1 amide bonds. The van der Waals surface area contributed by atoms with Crippen LogP contribution in [0.1, 0.15) is 32.6 Å². The van der Waals surface area contributed by atoms with Gasteiger partial charge in [-0.3, -0.25) is 4.79 Å². The zero-order valence-electron chi connectivity index (χ0n) is 9.61. The molecule has 1 N–H and O–H groups in total. The molecular weight excluding hydrogens is 204 g/mol. The van der Waals surface area contributed by atoms with Crippen molar-refractivity contribution in [2.45, 2.75) is 44.8 Å². The Bertz CT molecular complexity index is 307. The summed E-state index contributed by atoms with van der Waals surface area (Å²) in [6.45, 7) is 2.69. The number of nitrogens with one attached hydrogen (secondary N) is 1. The number of nitriles is 1. The van der Waals surface area contributed by atoms with Crippen molar-refractivity contribution < 1.29 is 9.53 Å². The topological polar surface area (TPSA) is 62.1 Å². The second-order valence-corrected chi connectivity index (χ2v) is 4.67. The SMILES string of the molecule is CCC1OCCC1C(=O)NC(C#N)C1CC1. The van der Waals surface area contributed by atoms with Crippen LogP contribution in [0, 0.1) is 23.2 Å². The number of carbonyl (C=O) groups is 1. The highest BCUT2D eigenvalue weighted by atomic mass is 16.5. The average molecular weight is 222 g/mol. The fraction of sp³-hybridized carbons (Fsp3) is 0.833. The number of carbonyl (C=O) groups excluding carboxylic acids is 1. The zero-order valence-corrected chi connectivity index (χ0v) is 9.61. The first-order chi connectivity index (χ1) is 7.76. The minimum atomic E-state index is -0.286. The predicted octanol–water partition coefficient (Wildman–Crippen LogP) is 1.22. The van der Waals surface area contributed by atoms with Gasteiger partial charge < -0.3 is 10.1 Å². The van der Waals surface area contributed by atoms with Crippen molar-refractivity contribution in [3.8, 4) is 6.07 Å². The van der Waals surface area contributed by atoms with Gasteiger partial charge in [0.15, 0.2) is 0 Å². The molecule has 4 heteroatoms. The summed E-state index contributed by atoms with van der Waals surface area (Å²) in [5, 5.41) is 11.8. The van der Waals surface area contributed by atoms with Gasteiger partial charge in [0, 0.05) is 6.61 Å². The van der Waals surface area contributed by atoms with E-state index in [4.69, 9.17) is 10.00 Å². The number of amides is 1. The third kappa shape index (κ3) is 2.35. The molecule has 0 aromatic carbocycles. The molecule has 2 fully saturated rings. The molecule has 88 valence electrons. The standard InChI is InChI=1S/C12H18N2O2/c1-2-11-9(5-6-16-11)12(15)14-10(7-13)8-3-4-8/h8-11H,2-6H2,1H3,(H,14,15). The second-order valence-electron chi connectivity index (χ2n) is 4.67. The van der Waals surface area contributed by atoms with E-state index >= 15 is 0 Å². The third-order valence-electron chi connectivity index (χ3n) is 3.48. The summed E-state index contributed by atoms with van der Waals surface area (Å²) in [6.07, 6.45) is 3.82. The van der Waals surface area contributed by atoms with E-state index in [-0.39, 0.29) is 24.0 Å². The predicted molar refractivity (Wildman–Crippen MR) is 58.4 cm³/mol. The van der Waals surface area contributed by atoms with Gasteiger partial charge in [-0.15, -0.1) is 0 Å². The van der Waals surface area contributed by atoms with E-state index in [0.717, 1.165) is 25.7 Å². The van der Waals surface area contributed by atoms with Crippen LogP contribution in [0.3, 0.4) is 0 Å². The van der Waals surface area contributed by atoms with E-state index in [1.807, 2.05) is 6.92 Å². The molecule has 3 unspecified atom stereocenters. The fourth-order valence-electron chi connectivity index (χ4n) is 2.30. The maximum absolute atomic E-state index is 12.0. The molecule has 2 aliphatic rings. The summed E-state index contributed by atoms with van der Waals surface area (Å²) in [6, 6.07) is 1.89. The highest BCUT2D eigenvalue weighted by Gasteiger charge is 2.37. The molecule has 0 spiro atoms. The molecule has 2 rings (SSSR count). The number of hydrogen-bond donors (Lipinski definition) is 1. The molecule has 0 bridgehead atoms. The lowest BCUT2D eigenvalue weighted by Gasteiger charge is -2.18. The van der Waals surface area contributed by atoms with E-state index in [9.17, 15) is 4.79 Å². The molecule has 0 aromatic rings. The van der Waals surface area contributed by atoms with E-state index < -0.39 is 0 Å². The van der Waals surface area contributed by atoms with Gasteiger partial charge in [-0.1, -0.05) is 6.92 Å². The summed E-state index contributed by atoms with van der Waals surface area (Å²) in [4.78, 5) is 12.0. The van der Waals surface area contributed by atoms with Crippen molar-refractivity contribution in [2.75, 3.05) is 6.61 Å². The molecule has 1 saturated carbocycles. The van der Waals surface area contributed by atoms with E-state index in [0.29, 0.717) is 12.5 Å². The maximum atomic E-state index is 12.0. The number of nitrogens with zero attached hydrogens (tertiary/aromatic N) is 1. The van der Waals surface area contributed by atoms with Crippen molar-refractivity contribution in [2.24, 2.45) is 11.8 Å². The summed E-state index contributed by atoms with van der Waals surface area (Å²) < 4.78 is 5.48. The molecular formula is C12H18N2O2. The molecule has 3 atom stereocenters. The van der Waals surface area contributed by atoms with Crippen LogP contribution in [-0.2, 0) is 9.53 Å². The fourth-order valence-corrected chi connectivity index (χ4v) is 2.30. The summed E-state index contributed by atoms with van der Waals surface area (Å²) in [5.41, 5.74) is 0. The maximum Gasteiger partial charge on any atom is 0.226 e. The van der Waals surface area contributed by atoms with E-state index in [2.05, 4.69) is 11.4 Å². The molecule has 4 nitrogen and oxygen atoms in total. The van der Waals surface area contributed by atoms with Crippen LogP contribution >= 0.6 is 0 Å². The van der Waals surface area contributed by atoms with Gasteiger partial charge in [0.25, 0.3) is 0 Å². The van der Waals surface area contributed by atoms with Gasteiger partial charge in [-0.25, -0.2) is 0 Å². The Morgan fingerprint density at radius 2 is 2.31 bits per heavy atom. The van der Waals surface area contributed by atoms with Crippen LogP contribution in [0.4, 0.5) is 0 Å². The molecule has 16 heavy (non-hydrogen) atoms. The highest BCUT2D eigenvalue weighted by molar-refractivity contribution is 5.80. The lowest BCUT2D eigenvalue weighted by molar-refractivity contribution is -0.127. The zero-order chi connectivity index (χ0) is 11.5. The Kier molecular flexibility index (Phi) is 3.45. The third-order valence-corrected chi connectivity index (χ3v) is 3.48. The van der Waals surface area contributed by atoms with Crippen molar-refractivity contribution in [1.29, 1.82) is 5.26 Å². The monoisotopic (exact) mass is 222 g/mol. The lowest BCUT2D eigenvalue weighted by Crippen LogP contribution is -2.41. The highest BCUT2D eigenvalue weighted by Crippen LogP contribution is 2.33. The lowest BCUT2D eigenvalue weighted by atomic mass is 9.98. The van der Waals surface area contributed by atoms with Crippen molar-refractivity contribution in [3.05, 3.63) is 0 Å². The van der Waals surface area contributed by atoms with Crippen molar-refractivity contribution in [1.82, 2.24) is 5.32 Å². The molecule has 1 heterocycles. The largest absolute Gasteiger partial charge is 0.377 e. The quantitative estimate of drug-likeness (QED) is 0.778.